The number of benzene rings is 2. The molecule has 21 heavy (non-hydrogen) atoms. The van der Waals surface area contributed by atoms with E-state index in [1.165, 1.54) is 0 Å². The van der Waals surface area contributed by atoms with Gasteiger partial charge in [0.25, 0.3) is 0 Å². The van der Waals surface area contributed by atoms with Gasteiger partial charge in [0.15, 0.2) is 0 Å². The molecule has 0 spiro atoms. The number of piperazine rings is 1. The molecule has 6 heteroatoms. The first kappa shape index (κ1) is 13.9. The Morgan fingerprint density at radius 3 is 2.57 bits per heavy atom. The number of anilines is 1. The van der Waals surface area contributed by atoms with Gasteiger partial charge in [-0.05, 0) is 35.0 Å². The lowest BCUT2D eigenvalue weighted by atomic mass is 10.1. The zero-order valence-electron chi connectivity index (χ0n) is 11.1. The first-order chi connectivity index (χ1) is 10.0. The highest BCUT2D eigenvalue weighted by atomic mass is 79.9. The Bertz CT molecular complexity index is 732. The average molecular weight is 349 g/mol. The van der Waals surface area contributed by atoms with E-state index in [-0.39, 0.29) is 12.5 Å². The van der Waals surface area contributed by atoms with E-state index >= 15 is 0 Å². The molecular weight excluding hydrogens is 336 g/mol. The summed E-state index contributed by atoms with van der Waals surface area (Å²) in [6.45, 7) is 0.619. The lowest BCUT2D eigenvalue weighted by Crippen LogP contribution is -2.52. The van der Waals surface area contributed by atoms with Crippen molar-refractivity contribution < 1.29 is 14.7 Å². The van der Waals surface area contributed by atoms with Crippen LogP contribution >= 0.6 is 15.9 Å². The van der Waals surface area contributed by atoms with Crippen LogP contribution in [0.4, 0.5) is 10.5 Å². The van der Waals surface area contributed by atoms with Crippen molar-refractivity contribution in [3.63, 3.8) is 0 Å². The van der Waals surface area contributed by atoms with E-state index in [0.29, 0.717) is 13.1 Å². The summed E-state index contributed by atoms with van der Waals surface area (Å²) in [5, 5.41) is 11.1. The largest absolute Gasteiger partial charge is 0.465 e. The zero-order chi connectivity index (χ0) is 15.0. The van der Waals surface area contributed by atoms with Gasteiger partial charge < -0.3 is 10.0 Å². The zero-order valence-corrected chi connectivity index (χ0v) is 12.7. The minimum absolute atomic E-state index is 0.0914. The topological polar surface area (TPSA) is 60.9 Å². The standard InChI is InChI=1S/C15H13BrN2O3/c16-12-3-1-10-2-4-13(8-11(10)7-12)18-6-5-17(15(20)21)9-14(18)19/h1-4,7-8H,5-6,9H2,(H,20,21). The molecule has 108 valence electrons. The third kappa shape index (κ3) is 2.71. The lowest BCUT2D eigenvalue weighted by molar-refractivity contribution is -0.120. The van der Waals surface area contributed by atoms with E-state index in [9.17, 15) is 9.59 Å². The third-order valence-electron chi connectivity index (χ3n) is 3.59. The second kappa shape index (κ2) is 5.37. The average Bonchev–Trinajstić information content (AvgIpc) is 2.46. The van der Waals surface area contributed by atoms with Crippen LogP contribution in [0.1, 0.15) is 0 Å². The fourth-order valence-electron chi connectivity index (χ4n) is 2.48. The summed E-state index contributed by atoms with van der Waals surface area (Å²) in [6.07, 6.45) is -1.05. The summed E-state index contributed by atoms with van der Waals surface area (Å²) in [5.74, 6) is -0.196. The number of rotatable bonds is 1. The number of hydrogen-bond donors (Lipinski definition) is 1. The number of amides is 2. The first-order valence-corrected chi connectivity index (χ1v) is 7.31. The van der Waals surface area contributed by atoms with Gasteiger partial charge in [-0.2, -0.15) is 0 Å². The van der Waals surface area contributed by atoms with Crippen LogP contribution in [0, 0.1) is 0 Å². The molecule has 0 aliphatic carbocycles. The molecule has 0 bridgehead atoms. The minimum atomic E-state index is -1.05. The maximum atomic E-state index is 12.1. The van der Waals surface area contributed by atoms with E-state index in [1.807, 2.05) is 36.4 Å². The molecule has 2 amide bonds. The van der Waals surface area contributed by atoms with Crippen LogP contribution in [0.3, 0.4) is 0 Å². The quantitative estimate of drug-likeness (QED) is 0.861. The fourth-order valence-corrected chi connectivity index (χ4v) is 2.86. The Morgan fingerprint density at radius 2 is 1.86 bits per heavy atom. The highest BCUT2D eigenvalue weighted by Crippen LogP contribution is 2.26. The van der Waals surface area contributed by atoms with E-state index in [4.69, 9.17) is 5.11 Å². The molecule has 0 saturated carbocycles. The van der Waals surface area contributed by atoms with Crippen molar-refractivity contribution in [1.82, 2.24) is 4.90 Å². The van der Waals surface area contributed by atoms with Crippen molar-refractivity contribution in [2.45, 2.75) is 0 Å². The molecule has 3 rings (SSSR count). The Labute approximate surface area is 129 Å². The van der Waals surface area contributed by atoms with Gasteiger partial charge in [0, 0.05) is 23.2 Å². The van der Waals surface area contributed by atoms with Crippen molar-refractivity contribution in [3.05, 3.63) is 40.9 Å². The summed E-state index contributed by atoms with van der Waals surface area (Å²) >= 11 is 3.44. The summed E-state index contributed by atoms with van der Waals surface area (Å²) < 4.78 is 0.981. The molecule has 1 aliphatic rings. The number of carboxylic acid groups (broad SMARTS) is 1. The SMILES string of the molecule is O=C(O)N1CCN(c2ccc3ccc(Br)cc3c2)C(=O)C1. The highest BCUT2D eigenvalue weighted by Gasteiger charge is 2.27. The van der Waals surface area contributed by atoms with Crippen LogP contribution in [0.15, 0.2) is 40.9 Å². The Kier molecular flexibility index (Phi) is 3.55. The second-order valence-electron chi connectivity index (χ2n) is 4.93. The highest BCUT2D eigenvalue weighted by molar-refractivity contribution is 9.10. The predicted octanol–water partition coefficient (Wildman–Crippen LogP) is 2.93. The van der Waals surface area contributed by atoms with Gasteiger partial charge in [-0.1, -0.05) is 28.1 Å². The van der Waals surface area contributed by atoms with Crippen LogP contribution in [-0.2, 0) is 4.79 Å². The smallest absolute Gasteiger partial charge is 0.407 e. The van der Waals surface area contributed by atoms with Crippen LogP contribution in [-0.4, -0.2) is 41.6 Å². The normalized spacial score (nSPS) is 15.6. The number of fused-ring (bicyclic) bond motifs is 1. The first-order valence-electron chi connectivity index (χ1n) is 6.52. The van der Waals surface area contributed by atoms with Gasteiger partial charge in [0.2, 0.25) is 5.91 Å². The van der Waals surface area contributed by atoms with Gasteiger partial charge in [-0.15, -0.1) is 0 Å². The molecule has 1 aliphatic heterocycles. The molecule has 1 fully saturated rings. The molecule has 1 N–H and O–H groups in total. The monoisotopic (exact) mass is 348 g/mol. The van der Waals surface area contributed by atoms with Gasteiger partial charge in [-0.3, -0.25) is 9.69 Å². The number of halogens is 1. The fraction of sp³-hybridized carbons (Fsp3) is 0.200. The van der Waals surface area contributed by atoms with Crippen molar-refractivity contribution >= 4 is 44.4 Å². The van der Waals surface area contributed by atoms with Gasteiger partial charge >= 0.3 is 6.09 Å². The summed E-state index contributed by atoms with van der Waals surface area (Å²) in [5.41, 5.74) is 0.802. The molecular formula is C15H13BrN2O3. The van der Waals surface area contributed by atoms with E-state index in [1.54, 1.807) is 4.90 Å². The van der Waals surface area contributed by atoms with E-state index in [0.717, 1.165) is 25.8 Å². The lowest BCUT2D eigenvalue weighted by Gasteiger charge is -2.32. The molecule has 1 heterocycles. The van der Waals surface area contributed by atoms with Crippen LogP contribution in [0.5, 0.6) is 0 Å². The summed E-state index contributed by atoms with van der Waals surface area (Å²) in [4.78, 5) is 25.8. The molecule has 0 unspecified atom stereocenters. The van der Waals surface area contributed by atoms with Crippen LogP contribution < -0.4 is 4.90 Å². The van der Waals surface area contributed by atoms with Crippen molar-refractivity contribution in [3.8, 4) is 0 Å². The Balaban J connectivity index is 1.90. The summed E-state index contributed by atoms with van der Waals surface area (Å²) in [7, 11) is 0. The molecule has 2 aromatic carbocycles. The summed E-state index contributed by atoms with van der Waals surface area (Å²) in [6, 6.07) is 11.8. The number of carbonyl (C=O) groups excluding carboxylic acids is 1. The van der Waals surface area contributed by atoms with Gasteiger partial charge in [0.1, 0.15) is 6.54 Å². The molecule has 1 saturated heterocycles. The van der Waals surface area contributed by atoms with Gasteiger partial charge in [0.05, 0.1) is 0 Å². The van der Waals surface area contributed by atoms with Crippen molar-refractivity contribution in [2.24, 2.45) is 0 Å². The number of carbonyl (C=O) groups is 2. The number of nitrogens with zero attached hydrogens (tertiary/aromatic N) is 2. The van der Waals surface area contributed by atoms with E-state index in [2.05, 4.69) is 15.9 Å². The maximum absolute atomic E-state index is 12.1. The molecule has 0 atom stereocenters. The Morgan fingerprint density at radius 1 is 1.10 bits per heavy atom. The Hall–Kier alpha value is -2.08. The van der Waals surface area contributed by atoms with Crippen LogP contribution in [0.25, 0.3) is 10.8 Å². The third-order valence-corrected chi connectivity index (χ3v) is 4.08. The number of hydrogen-bond acceptors (Lipinski definition) is 2. The maximum Gasteiger partial charge on any atom is 0.407 e. The van der Waals surface area contributed by atoms with Crippen molar-refractivity contribution in [2.75, 3.05) is 24.5 Å². The second-order valence-corrected chi connectivity index (χ2v) is 5.84. The van der Waals surface area contributed by atoms with E-state index < -0.39 is 6.09 Å². The van der Waals surface area contributed by atoms with Crippen molar-refractivity contribution in [1.29, 1.82) is 0 Å². The molecule has 0 radical (unpaired) electrons. The van der Waals surface area contributed by atoms with Gasteiger partial charge in [-0.25, -0.2) is 4.79 Å². The molecule has 2 aromatic rings. The molecule has 0 aromatic heterocycles. The molecule has 5 nitrogen and oxygen atoms in total. The van der Waals surface area contributed by atoms with Crippen LogP contribution in [0.2, 0.25) is 0 Å². The predicted molar refractivity (Wildman–Crippen MR) is 83.6 cm³/mol. The minimum Gasteiger partial charge on any atom is -0.465 e.